The molecule has 0 aromatic heterocycles. The van der Waals surface area contributed by atoms with E-state index in [0.717, 1.165) is 26.6 Å². The number of carboxylic acids is 1. The van der Waals surface area contributed by atoms with Crippen molar-refractivity contribution < 1.29 is 24.1 Å². The first-order valence-corrected chi connectivity index (χ1v) is 6.07. The summed E-state index contributed by atoms with van der Waals surface area (Å²) in [4.78, 5) is 9.00. The number of rotatable bonds is 10. The van der Waals surface area contributed by atoms with Gasteiger partial charge in [0.2, 0.25) is 0 Å². The lowest BCUT2D eigenvalue weighted by atomic mass is 10.4. The largest absolute Gasteiger partial charge is 0.481 e. The van der Waals surface area contributed by atoms with E-state index < -0.39 is 5.97 Å². The maximum Gasteiger partial charge on any atom is 0.300 e. The molecule has 0 rings (SSSR count). The van der Waals surface area contributed by atoms with Crippen molar-refractivity contribution in [3.63, 3.8) is 0 Å². The van der Waals surface area contributed by atoms with E-state index in [4.69, 9.17) is 24.1 Å². The highest BCUT2D eigenvalue weighted by Gasteiger charge is 1.89. The van der Waals surface area contributed by atoms with Crippen LogP contribution in [0.2, 0.25) is 0 Å². The highest BCUT2D eigenvalue weighted by Crippen LogP contribution is 1.87. The van der Waals surface area contributed by atoms with Crippen molar-refractivity contribution in [3.8, 4) is 0 Å². The Kier molecular flexibility index (Phi) is 19.5. The quantitative estimate of drug-likeness (QED) is 0.600. The molecule has 0 aromatic rings. The zero-order chi connectivity index (χ0) is 13.4. The topological polar surface area (TPSA) is 65.0 Å². The van der Waals surface area contributed by atoms with E-state index in [1.165, 1.54) is 6.42 Å². The van der Waals surface area contributed by atoms with E-state index in [1.54, 1.807) is 0 Å². The summed E-state index contributed by atoms with van der Waals surface area (Å²) in [7, 11) is 0. The number of ether oxygens (including phenoxy) is 3. The highest BCUT2D eigenvalue weighted by atomic mass is 16.5. The molecule has 104 valence electrons. The molecule has 0 atom stereocenters. The van der Waals surface area contributed by atoms with Gasteiger partial charge in [-0.05, 0) is 13.3 Å². The van der Waals surface area contributed by atoms with Crippen molar-refractivity contribution in [2.24, 2.45) is 0 Å². The van der Waals surface area contributed by atoms with Gasteiger partial charge in [-0.3, -0.25) is 4.79 Å². The van der Waals surface area contributed by atoms with Crippen LogP contribution in [-0.4, -0.2) is 50.7 Å². The number of hydrogen-bond acceptors (Lipinski definition) is 4. The van der Waals surface area contributed by atoms with Crippen LogP contribution in [0.5, 0.6) is 0 Å². The summed E-state index contributed by atoms with van der Waals surface area (Å²) in [6.45, 7) is 9.57. The Labute approximate surface area is 104 Å². The van der Waals surface area contributed by atoms with Gasteiger partial charge >= 0.3 is 0 Å². The van der Waals surface area contributed by atoms with Gasteiger partial charge in [-0.1, -0.05) is 13.3 Å². The lowest BCUT2D eigenvalue weighted by Gasteiger charge is -2.05. The molecule has 0 bridgehead atoms. The lowest BCUT2D eigenvalue weighted by molar-refractivity contribution is -0.134. The Morgan fingerprint density at radius 1 is 0.941 bits per heavy atom. The Hall–Kier alpha value is -0.650. The second kappa shape index (κ2) is 17.7. The summed E-state index contributed by atoms with van der Waals surface area (Å²) in [6, 6.07) is 0. The summed E-state index contributed by atoms with van der Waals surface area (Å²) in [5.74, 6) is -0.833. The number of unbranched alkanes of at least 4 members (excludes halogenated alkanes) is 1. The average molecular weight is 250 g/mol. The van der Waals surface area contributed by atoms with E-state index in [2.05, 4.69) is 6.92 Å². The minimum atomic E-state index is -0.833. The molecule has 0 amide bonds. The third-order valence-electron chi connectivity index (χ3n) is 1.59. The molecule has 0 saturated heterocycles. The van der Waals surface area contributed by atoms with Gasteiger partial charge in [0.05, 0.1) is 26.4 Å². The molecule has 0 heterocycles. The van der Waals surface area contributed by atoms with Crippen LogP contribution in [0.15, 0.2) is 0 Å². The second-order valence-corrected chi connectivity index (χ2v) is 3.29. The van der Waals surface area contributed by atoms with Crippen LogP contribution in [-0.2, 0) is 19.0 Å². The van der Waals surface area contributed by atoms with Gasteiger partial charge in [0.15, 0.2) is 0 Å². The van der Waals surface area contributed by atoms with Gasteiger partial charge in [-0.15, -0.1) is 0 Å². The van der Waals surface area contributed by atoms with Crippen LogP contribution in [0.25, 0.3) is 0 Å². The highest BCUT2D eigenvalue weighted by molar-refractivity contribution is 5.62. The Morgan fingerprint density at radius 2 is 1.35 bits per heavy atom. The van der Waals surface area contributed by atoms with Gasteiger partial charge in [0.1, 0.15) is 0 Å². The molecule has 1 N–H and O–H groups in total. The molecule has 0 aromatic carbocycles. The first-order valence-electron chi connectivity index (χ1n) is 6.07. The summed E-state index contributed by atoms with van der Waals surface area (Å²) >= 11 is 0. The number of hydrogen-bond donors (Lipinski definition) is 1. The molecular weight excluding hydrogens is 224 g/mol. The van der Waals surface area contributed by atoms with Crippen molar-refractivity contribution >= 4 is 5.97 Å². The van der Waals surface area contributed by atoms with E-state index in [0.29, 0.717) is 26.4 Å². The number of aliphatic carboxylic acids is 1. The molecular formula is C12H26O5. The number of carboxylic acid groups (broad SMARTS) is 1. The van der Waals surface area contributed by atoms with Gasteiger partial charge in [-0.25, -0.2) is 0 Å². The van der Waals surface area contributed by atoms with Crippen molar-refractivity contribution in [1.82, 2.24) is 0 Å². The second-order valence-electron chi connectivity index (χ2n) is 3.29. The predicted octanol–water partition coefficient (Wildman–Crippen LogP) is 1.95. The molecule has 17 heavy (non-hydrogen) atoms. The van der Waals surface area contributed by atoms with Crippen LogP contribution < -0.4 is 0 Å². The minimum Gasteiger partial charge on any atom is -0.481 e. The van der Waals surface area contributed by atoms with Gasteiger partial charge in [0, 0.05) is 20.1 Å². The molecule has 5 heteroatoms. The van der Waals surface area contributed by atoms with Crippen molar-refractivity contribution in [2.75, 3.05) is 39.6 Å². The predicted molar refractivity (Wildman–Crippen MR) is 66.3 cm³/mol. The van der Waals surface area contributed by atoms with Crippen LogP contribution in [0, 0.1) is 0 Å². The fourth-order valence-corrected chi connectivity index (χ4v) is 0.831. The first kappa shape index (κ1) is 18.7. The van der Waals surface area contributed by atoms with E-state index in [-0.39, 0.29) is 0 Å². The van der Waals surface area contributed by atoms with Gasteiger partial charge in [0.25, 0.3) is 5.97 Å². The maximum absolute atomic E-state index is 9.00. The van der Waals surface area contributed by atoms with Crippen LogP contribution in [0.4, 0.5) is 0 Å². The summed E-state index contributed by atoms with van der Waals surface area (Å²) < 4.78 is 15.7. The molecule has 0 aliphatic carbocycles. The lowest BCUT2D eigenvalue weighted by Crippen LogP contribution is -2.09. The normalized spacial score (nSPS) is 9.59. The van der Waals surface area contributed by atoms with Crippen LogP contribution in [0.1, 0.15) is 33.6 Å². The van der Waals surface area contributed by atoms with E-state index >= 15 is 0 Å². The minimum absolute atomic E-state index is 0.672. The average Bonchev–Trinajstić information content (AvgIpc) is 2.26. The zero-order valence-electron chi connectivity index (χ0n) is 11.2. The molecule has 5 nitrogen and oxygen atoms in total. The van der Waals surface area contributed by atoms with Crippen molar-refractivity contribution in [2.45, 2.75) is 33.6 Å². The molecule has 0 saturated carbocycles. The van der Waals surface area contributed by atoms with Crippen molar-refractivity contribution in [1.29, 1.82) is 0 Å². The smallest absolute Gasteiger partial charge is 0.300 e. The first-order chi connectivity index (χ1) is 8.15. The molecule has 0 aliphatic heterocycles. The van der Waals surface area contributed by atoms with Crippen LogP contribution in [0.3, 0.4) is 0 Å². The van der Waals surface area contributed by atoms with E-state index in [1.807, 2.05) is 6.92 Å². The third kappa shape index (κ3) is 31.3. The maximum atomic E-state index is 9.00. The summed E-state index contributed by atoms with van der Waals surface area (Å²) in [5.41, 5.74) is 0. The van der Waals surface area contributed by atoms with Gasteiger partial charge < -0.3 is 19.3 Å². The van der Waals surface area contributed by atoms with Crippen LogP contribution >= 0.6 is 0 Å². The standard InChI is InChI=1S/C10H22O3.C2H4O2/c1-3-5-6-12-9-10-13-8-7-11-4-2;1-2(3)4/h3-10H2,1-2H3;1H3,(H,3,4). The zero-order valence-corrected chi connectivity index (χ0v) is 11.2. The van der Waals surface area contributed by atoms with Crippen molar-refractivity contribution in [3.05, 3.63) is 0 Å². The summed E-state index contributed by atoms with van der Waals surface area (Å²) in [6.07, 6.45) is 2.32. The fraction of sp³-hybridized carbons (Fsp3) is 0.917. The van der Waals surface area contributed by atoms with E-state index in [9.17, 15) is 0 Å². The fourth-order valence-electron chi connectivity index (χ4n) is 0.831. The Bertz CT molecular complexity index is 136. The summed E-state index contributed by atoms with van der Waals surface area (Å²) in [5, 5.41) is 7.42. The third-order valence-corrected chi connectivity index (χ3v) is 1.59. The SMILES string of the molecule is CC(=O)O.CCCCOCCOCCOCC. The molecule has 0 fully saturated rings. The monoisotopic (exact) mass is 250 g/mol. The Balaban J connectivity index is 0. The number of carbonyl (C=O) groups is 1. The molecule has 0 aliphatic rings. The molecule has 0 radical (unpaired) electrons. The molecule has 0 unspecified atom stereocenters. The van der Waals surface area contributed by atoms with Gasteiger partial charge in [-0.2, -0.15) is 0 Å². The Morgan fingerprint density at radius 3 is 1.76 bits per heavy atom. The molecule has 0 spiro atoms.